The summed E-state index contributed by atoms with van der Waals surface area (Å²) in [7, 11) is 0. The molecule has 0 spiro atoms. The van der Waals surface area contributed by atoms with E-state index >= 15 is 0 Å². The molecule has 0 saturated carbocycles. The number of halogens is 3. The van der Waals surface area contributed by atoms with Crippen molar-refractivity contribution in [3.63, 3.8) is 0 Å². The van der Waals surface area contributed by atoms with Crippen LogP contribution < -0.4 is 10.1 Å². The number of rotatable bonds is 6. The molecule has 0 aromatic heterocycles. The highest BCUT2D eigenvalue weighted by Gasteiger charge is 2.14. The van der Waals surface area contributed by atoms with Gasteiger partial charge in [0.15, 0.2) is 12.4 Å². The van der Waals surface area contributed by atoms with Crippen molar-refractivity contribution in [2.24, 2.45) is 0 Å². The maximum Gasteiger partial charge on any atom is 0.262 e. The molecule has 24 heavy (non-hydrogen) atoms. The molecule has 0 fully saturated rings. The third-order valence-electron chi connectivity index (χ3n) is 3.07. The maximum atomic E-state index is 13.3. The highest BCUT2D eigenvalue weighted by molar-refractivity contribution is 6.35. The van der Waals surface area contributed by atoms with Gasteiger partial charge in [0.25, 0.3) is 5.91 Å². The number of carbonyl (C=O) groups excluding carboxylic acids is 2. The number of ether oxygens (including phenoxy) is 1. The number of nitrogens with one attached hydrogen (secondary N) is 1. The van der Waals surface area contributed by atoms with E-state index in [1.165, 1.54) is 24.3 Å². The van der Waals surface area contributed by atoms with Gasteiger partial charge in [-0.05, 0) is 36.4 Å². The zero-order valence-corrected chi connectivity index (χ0v) is 14.2. The second-order valence-corrected chi connectivity index (χ2v) is 5.79. The van der Waals surface area contributed by atoms with Crippen molar-refractivity contribution in [3.8, 4) is 5.75 Å². The largest absolute Gasteiger partial charge is 0.483 e. The lowest BCUT2D eigenvalue weighted by Gasteiger charge is -2.11. The number of benzene rings is 2. The predicted octanol–water partition coefficient (Wildman–Crippen LogP) is 4.74. The molecule has 1 amide bonds. The Hall–Kier alpha value is -2.11. The molecule has 7 heteroatoms. The first-order valence-corrected chi connectivity index (χ1v) is 7.86. The molecule has 0 aliphatic rings. The van der Waals surface area contributed by atoms with Gasteiger partial charge >= 0.3 is 0 Å². The van der Waals surface area contributed by atoms with Gasteiger partial charge < -0.3 is 10.1 Å². The van der Waals surface area contributed by atoms with Gasteiger partial charge in [0.2, 0.25) is 0 Å². The third kappa shape index (κ3) is 4.94. The van der Waals surface area contributed by atoms with Crippen molar-refractivity contribution < 1.29 is 18.7 Å². The fourth-order valence-corrected chi connectivity index (χ4v) is 2.53. The fourth-order valence-electron chi connectivity index (χ4n) is 2.00. The van der Waals surface area contributed by atoms with Crippen LogP contribution in [0.2, 0.25) is 10.0 Å². The van der Waals surface area contributed by atoms with Crippen molar-refractivity contribution in [2.75, 3.05) is 11.9 Å². The lowest BCUT2D eigenvalue weighted by atomic mass is 10.1. The summed E-state index contributed by atoms with van der Waals surface area (Å²) in [6.07, 6.45) is 0.201. The Labute approximate surface area is 148 Å². The average molecular weight is 370 g/mol. The average Bonchev–Trinajstić information content (AvgIpc) is 2.51. The topological polar surface area (TPSA) is 55.4 Å². The monoisotopic (exact) mass is 369 g/mol. The number of hydrogen-bond donors (Lipinski definition) is 1. The molecule has 126 valence electrons. The first-order chi connectivity index (χ1) is 11.4. The van der Waals surface area contributed by atoms with Crippen LogP contribution in [0.15, 0.2) is 36.4 Å². The quantitative estimate of drug-likeness (QED) is 0.747. The van der Waals surface area contributed by atoms with Gasteiger partial charge in [-0.25, -0.2) is 4.39 Å². The van der Waals surface area contributed by atoms with E-state index in [4.69, 9.17) is 27.9 Å². The van der Waals surface area contributed by atoms with E-state index in [2.05, 4.69) is 5.32 Å². The number of carbonyl (C=O) groups is 2. The van der Waals surface area contributed by atoms with Gasteiger partial charge in [0.1, 0.15) is 11.6 Å². The number of anilines is 1. The minimum atomic E-state index is -0.544. The Balaban J connectivity index is 2.05. The molecule has 0 atom stereocenters. The number of ketones is 1. The maximum absolute atomic E-state index is 13.3. The number of amides is 1. The van der Waals surface area contributed by atoms with Crippen LogP contribution >= 0.6 is 23.2 Å². The van der Waals surface area contributed by atoms with Crippen LogP contribution in [0.4, 0.5) is 10.1 Å². The molecule has 0 radical (unpaired) electrons. The normalized spacial score (nSPS) is 10.3. The molecule has 0 aliphatic heterocycles. The van der Waals surface area contributed by atoms with Gasteiger partial charge in [-0.1, -0.05) is 30.1 Å². The standard InChI is InChI=1S/C17H14Cl2FNO3/c1-2-15(22)14-8-12(20)3-4-16(14)24-9-17(23)21-13-6-10(18)5-11(19)7-13/h3-8H,2,9H2,1H3,(H,21,23). The minimum absolute atomic E-state index is 0.108. The number of Topliss-reactive ketones (excluding diaryl/α,β-unsaturated/α-hetero) is 1. The van der Waals surface area contributed by atoms with E-state index in [-0.39, 0.29) is 30.1 Å². The third-order valence-corrected chi connectivity index (χ3v) is 3.50. The van der Waals surface area contributed by atoms with Crippen molar-refractivity contribution >= 4 is 40.6 Å². The Morgan fingerprint density at radius 1 is 1.12 bits per heavy atom. The van der Waals surface area contributed by atoms with E-state index in [0.717, 1.165) is 12.1 Å². The molecule has 4 nitrogen and oxygen atoms in total. The highest BCUT2D eigenvalue weighted by atomic mass is 35.5. The first kappa shape index (κ1) is 18.2. The van der Waals surface area contributed by atoms with Crippen LogP contribution in [0.25, 0.3) is 0 Å². The fraction of sp³-hybridized carbons (Fsp3) is 0.176. The summed E-state index contributed by atoms with van der Waals surface area (Å²) in [5.41, 5.74) is 0.529. The van der Waals surface area contributed by atoms with Gasteiger partial charge in [-0.3, -0.25) is 9.59 Å². The van der Waals surface area contributed by atoms with E-state index in [9.17, 15) is 14.0 Å². The van der Waals surface area contributed by atoms with Crippen LogP contribution in [0, 0.1) is 5.82 Å². The van der Waals surface area contributed by atoms with Gasteiger partial charge in [-0.15, -0.1) is 0 Å². The van der Waals surface area contributed by atoms with Crippen LogP contribution in [0.1, 0.15) is 23.7 Å². The van der Waals surface area contributed by atoms with Crippen LogP contribution in [0.5, 0.6) is 5.75 Å². The Kier molecular flexibility index (Phi) is 6.17. The zero-order valence-electron chi connectivity index (χ0n) is 12.7. The van der Waals surface area contributed by atoms with Crippen molar-refractivity contribution in [1.82, 2.24) is 0 Å². The predicted molar refractivity (Wildman–Crippen MR) is 91.6 cm³/mol. The molecule has 2 rings (SSSR count). The Bertz CT molecular complexity index is 760. The second-order valence-electron chi connectivity index (χ2n) is 4.91. The van der Waals surface area contributed by atoms with E-state index < -0.39 is 11.7 Å². The lowest BCUT2D eigenvalue weighted by molar-refractivity contribution is -0.118. The first-order valence-electron chi connectivity index (χ1n) is 7.10. The molecule has 0 saturated heterocycles. The molecule has 2 aromatic carbocycles. The molecule has 1 N–H and O–H groups in total. The highest BCUT2D eigenvalue weighted by Crippen LogP contribution is 2.23. The second kappa shape index (κ2) is 8.13. The molecular weight excluding hydrogens is 356 g/mol. The smallest absolute Gasteiger partial charge is 0.262 e. The number of hydrogen-bond acceptors (Lipinski definition) is 3. The Morgan fingerprint density at radius 3 is 2.42 bits per heavy atom. The molecule has 0 bridgehead atoms. The van der Waals surface area contributed by atoms with Crippen LogP contribution in [-0.4, -0.2) is 18.3 Å². The summed E-state index contributed by atoms with van der Waals surface area (Å²) >= 11 is 11.7. The van der Waals surface area contributed by atoms with Crippen molar-refractivity contribution in [2.45, 2.75) is 13.3 Å². The Morgan fingerprint density at radius 2 is 1.79 bits per heavy atom. The van der Waals surface area contributed by atoms with Crippen LogP contribution in [-0.2, 0) is 4.79 Å². The molecule has 0 unspecified atom stereocenters. The lowest BCUT2D eigenvalue weighted by Crippen LogP contribution is -2.21. The van der Waals surface area contributed by atoms with E-state index in [1.54, 1.807) is 6.92 Å². The summed E-state index contributed by atoms with van der Waals surface area (Å²) in [6.45, 7) is 1.31. The summed E-state index contributed by atoms with van der Waals surface area (Å²) in [6, 6.07) is 8.19. The van der Waals surface area contributed by atoms with E-state index in [1.807, 2.05) is 0 Å². The zero-order chi connectivity index (χ0) is 17.7. The molecular formula is C17H14Cl2FNO3. The summed E-state index contributed by atoms with van der Waals surface area (Å²) in [5, 5.41) is 3.34. The van der Waals surface area contributed by atoms with E-state index in [0.29, 0.717) is 15.7 Å². The SMILES string of the molecule is CCC(=O)c1cc(F)ccc1OCC(=O)Nc1cc(Cl)cc(Cl)c1. The summed E-state index contributed by atoms with van der Waals surface area (Å²) in [5.74, 6) is -1.13. The van der Waals surface area contributed by atoms with Gasteiger partial charge in [0.05, 0.1) is 5.56 Å². The van der Waals surface area contributed by atoms with Gasteiger partial charge in [0, 0.05) is 22.2 Å². The summed E-state index contributed by atoms with van der Waals surface area (Å²) in [4.78, 5) is 23.8. The van der Waals surface area contributed by atoms with Crippen molar-refractivity contribution in [1.29, 1.82) is 0 Å². The van der Waals surface area contributed by atoms with Gasteiger partial charge in [-0.2, -0.15) is 0 Å². The minimum Gasteiger partial charge on any atom is -0.483 e. The molecule has 0 heterocycles. The molecule has 0 aliphatic carbocycles. The molecule has 2 aromatic rings. The van der Waals surface area contributed by atoms with Crippen molar-refractivity contribution in [3.05, 3.63) is 57.8 Å². The van der Waals surface area contributed by atoms with Crippen LogP contribution in [0.3, 0.4) is 0 Å². The summed E-state index contributed by atoms with van der Waals surface area (Å²) < 4.78 is 18.6.